The highest BCUT2D eigenvalue weighted by atomic mass is 32.2. The molecule has 20 heavy (non-hydrogen) atoms. The molecule has 0 aliphatic carbocycles. The van der Waals surface area contributed by atoms with Gasteiger partial charge in [-0.25, -0.2) is 8.42 Å². The van der Waals surface area contributed by atoms with Crippen molar-refractivity contribution in [3.05, 3.63) is 53.6 Å². The van der Waals surface area contributed by atoms with Crippen molar-refractivity contribution in [3.63, 3.8) is 0 Å². The minimum atomic E-state index is -3.19. The summed E-state index contributed by atoms with van der Waals surface area (Å²) >= 11 is 0. The van der Waals surface area contributed by atoms with Gasteiger partial charge in [0.25, 0.3) is 0 Å². The lowest BCUT2D eigenvalue weighted by Gasteiger charge is -2.11. The Kier molecular flexibility index (Phi) is 4.11. The third-order valence-corrected chi connectivity index (χ3v) is 4.04. The molecule has 0 saturated carbocycles. The van der Waals surface area contributed by atoms with Crippen molar-refractivity contribution in [3.8, 4) is 11.5 Å². The lowest BCUT2D eigenvalue weighted by atomic mass is 10.1. The molecule has 4 nitrogen and oxygen atoms in total. The molecule has 0 fully saturated rings. The Morgan fingerprint density at radius 2 is 1.75 bits per heavy atom. The van der Waals surface area contributed by atoms with Crippen LogP contribution in [-0.4, -0.2) is 14.7 Å². The number of ether oxygens (including phenoxy) is 1. The van der Waals surface area contributed by atoms with Crippen molar-refractivity contribution in [1.29, 1.82) is 0 Å². The first-order valence-corrected chi connectivity index (χ1v) is 8.07. The van der Waals surface area contributed by atoms with Crippen LogP contribution in [0.2, 0.25) is 0 Å². The Morgan fingerprint density at radius 3 is 2.30 bits per heavy atom. The molecule has 0 unspecified atom stereocenters. The highest BCUT2D eigenvalue weighted by molar-refractivity contribution is 7.90. The molecular formula is C15H17NO3S. The molecular weight excluding hydrogens is 274 g/mol. The van der Waals surface area contributed by atoms with E-state index in [-0.39, 0.29) is 4.90 Å². The molecule has 2 aromatic rings. The quantitative estimate of drug-likeness (QED) is 0.940. The highest BCUT2D eigenvalue weighted by Gasteiger charge is 2.08. The lowest BCUT2D eigenvalue weighted by Crippen LogP contribution is -2.00. The van der Waals surface area contributed by atoms with E-state index >= 15 is 0 Å². The van der Waals surface area contributed by atoms with E-state index in [2.05, 4.69) is 0 Å². The minimum Gasteiger partial charge on any atom is -0.457 e. The van der Waals surface area contributed by atoms with Crippen molar-refractivity contribution in [2.45, 2.75) is 18.4 Å². The fourth-order valence-corrected chi connectivity index (χ4v) is 2.48. The Balaban J connectivity index is 2.27. The van der Waals surface area contributed by atoms with Gasteiger partial charge in [-0.3, -0.25) is 0 Å². The van der Waals surface area contributed by atoms with Crippen LogP contribution in [0.3, 0.4) is 0 Å². The molecule has 0 atom stereocenters. The second-order valence-corrected chi connectivity index (χ2v) is 6.68. The number of sulfone groups is 1. The summed E-state index contributed by atoms with van der Waals surface area (Å²) in [6, 6.07) is 12.1. The molecule has 2 rings (SSSR count). The normalized spacial score (nSPS) is 11.3. The molecule has 0 aliphatic heterocycles. The van der Waals surface area contributed by atoms with Crippen LogP contribution in [0.25, 0.3) is 0 Å². The van der Waals surface area contributed by atoms with Crippen molar-refractivity contribution in [1.82, 2.24) is 0 Å². The standard InChI is InChI=1S/C15H17NO3S/c1-11-3-8-15(12(9-11)10-16)19-13-4-6-14(7-5-13)20(2,17)18/h3-9H,10,16H2,1-2H3. The van der Waals surface area contributed by atoms with E-state index in [1.54, 1.807) is 12.1 Å². The maximum Gasteiger partial charge on any atom is 0.175 e. The number of rotatable bonds is 4. The van der Waals surface area contributed by atoms with Crippen LogP contribution in [0.5, 0.6) is 11.5 Å². The van der Waals surface area contributed by atoms with E-state index in [0.29, 0.717) is 18.0 Å². The van der Waals surface area contributed by atoms with Gasteiger partial charge in [-0.05, 0) is 37.3 Å². The molecule has 0 aliphatic rings. The van der Waals surface area contributed by atoms with Gasteiger partial charge in [0, 0.05) is 18.4 Å². The van der Waals surface area contributed by atoms with Crippen LogP contribution in [0.15, 0.2) is 47.4 Å². The van der Waals surface area contributed by atoms with E-state index in [1.807, 2.05) is 25.1 Å². The summed E-state index contributed by atoms with van der Waals surface area (Å²) in [5.41, 5.74) is 7.73. The number of nitrogens with two attached hydrogens (primary N) is 1. The monoisotopic (exact) mass is 291 g/mol. The van der Waals surface area contributed by atoms with Crippen molar-refractivity contribution < 1.29 is 13.2 Å². The summed E-state index contributed by atoms with van der Waals surface area (Å²) < 4.78 is 28.5. The molecule has 0 bridgehead atoms. The van der Waals surface area contributed by atoms with Crippen LogP contribution in [0.4, 0.5) is 0 Å². The van der Waals surface area contributed by atoms with Crippen molar-refractivity contribution >= 4 is 9.84 Å². The lowest BCUT2D eigenvalue weighted by molar-refractivity contribution is 0.475. The van der Waals surface area contributed by atoms with Gasteiger partial charge < -0.3 is 10.5 Å². The van der Waals surface area contributed by atoms with Gasteiger partial charge in [0.1, 0.15) is 11.5 Å². The molecule has 2 N–H and O–H groups in total. The van der Waals surface area contributed by atoms with E-state index in [0.717, 1.165) is 11.1 Å². The van der Waals surface area contributed by atoms with E-state index < -0.39 is 9.84 Å². The summed E-state index contributed by atoms with van der Waals surface area (Å²) in [6.45, 7) is 2.38. The van der Waals surface area contributed by atoms with Crippen LogP contribution in [0, 0.1) is 6.92 Å². The average molecular weight is 291 g/mol. The fourth-order valence-electron chi connectivity index (χ4n) is 1.85. The maximum absolute atomic E-state index is 11.4. The molecule has 0 heterocycles. The molecule has 0 amide bonds. The second kappa shape index (κ2) is 5.64. The largest absolute Gasteiger partial charge is 0.457 e. The average Bonchev–Trinajstić information content (AvgIpc) is 2.40. The second-order valence-electron chi connectivity index (χ2n) is 4.66. The first kappa shape index (κ1) is 14.6. The number of benzene rings is 2. The zero-order chi connectivity index (χ0) is 14.8. The number of hydrogen-bond acceptors (Lipinski definition) is 4. The minimum absolute atomic E-state index is 0.271. The number of aryl methyl sites for hydroxylation is 1. The Labute approximate surface area is 119 Å². The summed E-state index contributed by atoms with van der Waals surface area (Å²) in [6.07, 6.45) is 1.18. The van der Waals surface area contributed by atoms with E-state index in [1.165, 1.54) is 18.4 Å². The molecule has 0 spiro atoms. The van der Waals surface area contributed by atoms with Crippen LogP contribution in [-0.2, 0) is 16.4 Å². The van der Waals surface area contributed by atoms with Gasteiger partial charge >= 0.3 is 0 Å². The number of hydrogen-bond donors (Lipinski definition) is 1. The molecule has 5 heteroatoms. The third kappa shape index (κ3) is 3.37. The van der Waals surface area contributed by atoms with Gasteiger partial charge in [0.05, 0.1) is 4.90 Å². The summed E-state index contributed by atoms with van der Waals surface area (Å²) in [5.74, 6) is 1.26. The van der Waals surface area contributed by atoms with Crippen LogP contribution >= 0.6 is 0 Å². The molecule has 2 aromatic carbocycles. The Hall–Kier alpha value is -1.85. The van der Waals surface area contributed by atoms with Gasteiger partial charge in [-0.1, -0.05) is 17.7 Å². The smallest absolute Gasteiger partial charge is 0.175 e. The van der Waals surface area contributed by atoms with Gasteiger partial charge in [0.2, 0.25) is 0 Å². The third-order valence-electron chi connectivity index (χ3n) is 2.92. The Bertz CT molecular complexity index is 706. The molecule has 0 radical (unpaired) electrons. The maximum atomic E-state index is 11.4. The topological polar surface area (TPSA) is 69.4 Å². The first-order chi connectivity index (χ1) is 9.40. The Morgan fingerprint density at radius 1 is 1.10 bits per heavy atom. The zero-order valence-corrected chi connectivity index (χ0v) is 12.3. The van der Waals surface area contributed by atoms with Crippen LogP contribution < -0.4 is 10.5 Å². The van der Waals surface area contributed by atoms with Crippen LogP contribution in [0.1, 0.15) is 11.1 Å². The molecule has 0 aromatic heterocycles. The van der Waals surface area contributed by atoms with Gasteiger partial charge in [0.15, 0.2) is 9.84 Å². The molecule has 106 valence electrons. The summed E-state index contributed by atoms with van der Waals surface area (Å²) in [7, 11) is -3.19. The van der Waals surface area contributed by atoms with Gasteiger partial charge in [-0.15, -0.1) is 0 Å². The SMILES string of the molecule is Cc1ccc(Oc2ccc(S(C)(=O)=O)cc2)c(CN)c1. The van der Waals surface area contributed by atoms with E-state index in [4.69, 9.17) is 10.5 Å². The van der Waals surface area contributed by atoms with Crippen molar-refractivity contribution in [2.24, 2.45) is 5.73 Å². The van der Waals surface area contributed by atoms with Gasteiger partial charge in [-0.2, -0.15) is 0 Å². The highest BCUT2D eigenvalue weighted by Crippen LogP contribution is 2.26. The summed E-state index contributed by atoms with van der Waals surface area (Å²) in [5, 5.41) is 0. The first-order valence-electron chi connectivity index (χ1n) is 6.18. The van der Waals surface area contributed by atoms with Crippen molar-refractivity contribution in [2.75, 3.05) is 6.26 Å². The molecule has 0 saturated heterocycles. The zero-order valence-electron chi connectivity index (χ0n) is 11.5. The summed E-state index contributed by atoms with van der Waals surface area (Å²) in [4.78, 5) is 0.271. The predicted octanol–water partition coefficient (Wildman–Crippen LogP) is 2.65. The van der Waals surface area contributed by atoms with E-state index in [9.17, 15) is 8.42 Å². The fraction of sp³-hybridized carbons (Fsp3) is 0.200. The predicted molar refractivity (Wildman–Crippen MR) is 78.7 cm³/mol.